The summed E-state index contributed by atoms with van der Waals surface area (Å²) in [6, 6.07) is 3.45. The first-order valence-corrected chi connectivity index (χ1v) is 4.35. The van der Waals surface area contributed by atoms with Gasteiger partial charge in [-0.05, 0) is 40.5 Å². The zero-order chi connectivity index (χ0) is 7.72. The van der Waals surface area contributed by atoms with Crippen LogP contribution in [0.3, 0.4) is 0 Å². The molecule has 0 unspecified atom stereocenters. The molecule has 0 aliphatic rings. The Morgan fingerprint density at radius 3 is 2.40 bits per heavy atom. The molecule has 1 nitrogen and oxygen atoms in total. The first-order valence-electron chi connectivity index (χ1n) is 2.76. The van der Waals surface area contributed by atoms with Crippen LogP contribution in [0.25, 0.3) is 0 Å². The standard InChI is InChI=1S/C7H6Br2O/c1-4-5(8)2-3-6(10)7(4)9/h2-3,10H,1H3. The van der Waals surface area contributed by atoms with E-state index < -0.39 is 0 Å². The van der Waals surface area contributed by atoms with E-state index in [0.29, 0.717) is 0 Å². The van der Waals surface area contributed by atoms with Crippen LogP contribution < -0.4 is 0 Å². The number of phenolic OH excluding ortho intramolecular Hbond substituents is 1. The van der Waals surface area contributed by atoms with Crippen LogP contribution in [0.15, 0.2) is 21.1 Å². The van der Waals surface area contributed by atoms with Gasteiger partial charge in [0.2, 0.25) is 0 Å². The molecule has 10 heavy (non-hydrogen) atoms. The highest BCUT2D eigenvalue weighted by atomic mass is 79.9. The lowest BCUT2D eigenvalue weighted by Crippen LogP contribution is -1.77. The van der Waals surface area contributed by atoms with Gasteiger partial charge in [0, 0.05) is 4.47 Å². The molecule has 1 N–H and O–H groups in total. The van der Waals surface area contributed by atoms with Crippen LogP contribution in [0, 0.1) is 6.92 Å². The minimum Gasteiger partial charge on any atom is -0.507 e. The van der Waals surface area contributed by atoms with Gasteiger partial charge in [-0.25, -0.2) is 0 Å². The number of benzene rings is 1. The molecule has 0 aromatic heterocycles. The third kappa shape index (κ3) is 1.35. The van der Waals surface area contributed by atoms with E-state index in [0.717, 1.165) is 14.5 Å². The van der Waals surface area contributed by atoms with Crippen molar-refractivity contribution in [1.82, 2.24) is 0 Å². The molecule has 54 valence electrons. The van der Waals surface area contributed by atoms with Gasteiger partial charge in [0.15, 0.2) is 0 Å². The van der Waals surface area contributed by atoms with Gasteiger partial charge in [0.25, 0.3) is 0 Å². The van der Waals surface area contributed by atoms with E-state index in [2.05, 4.69) is 31.9 Å². The van der Waals surface area contributed by atoms with Crippen LogP contribution in [0.5, 0.6) is 5.75 Å². The van der Waals surface area contributed by atoms with Crippen LogP contribution in [-0.2, 0) is 0 Å². The van der Waals surface area contributed by atoms with Gasteiger partial charge in [-0.1, -0.05) is 15.9 Å². The van der Waals surface area contributed by atoms with Crippen molar-refractivity contribution in [2.45, 2.75) is 6.92 Å². The van der Waals surface area contributed by atoms with E-state index in [1.807, 2.05) is 13.0 Å². The number of aromatic hydroxyl groups is 1. The molecular formula is C7H6Br2O. The van der Waals surface area contributed by atoms with Gasteiger partial charge in [-0.2, -0.15) is 0 Å². The van der Waals surface area contributed by atoms with Gasteiger partial charge in [0.05, 0.1) is 4.47 Å². The monoisotopic (exact) mass is 264 g/mol. The fraction of sp³-hybridized carbons (Fsp3) is 0.143. The van der Waals surface area contributed by atoms with Gasteiger partial charge < -0.3 is 5.11 Å². The second kappa shape index (κ2) is 2.93. The van der Waals surface area contributed by atoms with E-state index in [-0.39, 0.29) is 5.75 Å². The van der Waals surface area contributed by atoms with Crippen LogP contribution in [0.1, 0.15) is 5.56 Å². The topological polar surface area (TPSA) is 20.2 Å². The minimum atomic E-state index is 0.278. The predicted molar refractivity (Wildman–Crippen MR) is 48.2 cm³/mol. The normalized spacial score (nSPS) is 9.90. The Morgan fingerprint density at radius 2 is 1.90 bits per heavy atom. The molecular weight excluding hydrogens is 260 g/mol. The Morgan fingerprint density at radius 1 is 1.30 bits per heavy atom. The Hall–Kier alpha value is -0.0200. The third-order valence-electron chi connectivity index (χ3n) is 1.30. The molecule has 0 radical (unpaired) electrons. The maximum atomic E-state index is 9.16. The summed E-state index contributed by atoms with van der Waals surface area (Å²) in [5, 5.41) is 9.16. The summed E-state index contributed by atoms with van der Waals surface area (Å²) in [5.74, 6) is 0.278. The molecule has 0 saturated heterocycles. The van der Waals surface area contributed by atoms with Crippen LogP contribution >= 0.6 is 31.9 Å². The molecule has 0 spiro atoms. The largest absolute Gasteiger partial charge is 0.507 e. The first-order chi connectivity index (χ1) is 4.63. The van der Waals surface area contributed by atoms with Gasteiger partial charge in [0.1, 0.15) is 5.75 Å². The molecule has 3 heteroatoms. The molecule has 0 heterocycles. The summed E-state index contributed by atoms with van der Waals surface area (Å²) in [6.45, 7) is 1.92. The van der Waals surface area contributed by atoms with Gasteiger partial charge in [-0.3, -0.25) is 0 Å². The van der Waals surface area contributed by atoms with E-state index in [4.69, 9.17) is 5.11 Å². The number of rotatable bonds is 0. The Bertz CT molecular complexity index is 231. The van der Waals surface area contributed by atoms with E-state index in [9.17, 15) is 0 Å². The molecule has 0 amide bonds. The molecule has 0 saturated carbocycles. The van der Waals surface area contributed by atoms with Gasteiger partial charge >= 0.3 is 0 Å². The van der Waals surface area contributed by atoms with Gasteiger partial charge in [-0.15, -0.1) is 0 Å². The van der Waals surface area contributed by atoms with Crippen molar-refractivity contribution in [2.75, 3.05) is 0 Å². The van der Waals surface area contributed by atoms with Crippen molar-refractivity contribution in [3.8, 4) is 5.75 Å². The number of phenols is 1. The summed E-state index contributed by atoms with van der Waals surface area (Å²) in [7, 11) is 0. The highest BCUT2D eigenvalue weighted by Crippen LogP contribution is 2.31. The molecule has 1 aromatic carbocycles. The fourth-order valence-electron chi connectivity index (χ4n) is 0.647. The first kappa shape index (κ1) is 8.08. The molecule has 0 bridgehead atoms. The van der Waals surface area contributed by atoms with Crippen molar-refractivity contribution in [3.63, 3.8) is 0 Å². The molecule has 0 aliphatic heterocycles. The van der Waals surface area contributed by atoms with Crippen LogP contribution in [0.4, 0.5) is 0 Å². The molecule has 1 rings (SSSR count). The van der Waals surface area contributed by atoms with E-state index in [1.165, 1.54) is 0 Å². The fourth-order valence-corrected chi connectivity index (χ4v) is 1.59. The highest BCUT2D eigenvalue weighted by Gasteiger charge is 2.02. The quantitative estimate of drug-likeness (QED) is 0.764. The average molecular weight is 266 g/mol. The van der Waals surface area contributed by atoms with Crippen molar-refractivity contribution < 1.29 is 5.11 Å². The summed E-state index contributed by atoms with van der Waals surface area (Å²) >= 11 is 6.59. The smallest absolute Gasteiger partial charge is 0.130 e. The number of hydrogen-bond donors (Lipinski definition) is 1. The van der Waals surface area contributed by atoms with Crippen molar-refractivity contribution in [3.05, 3.63) is 26.6 Å². The summed E-state index contributed by atoms with van der Waals surface area (Å²) in [6.07, 6.45) is 0. The summed E-state index contributed by atoms with van der Waals surface area (Å²) < 4.78 is 1.75. The zero-order valence-corrected chi connectivity index (χ0v) is 8.53. The van der Waals surface area contributed by atoms with Crippen molar-refractivity contribution in [1.29, 1.82) is 0 Å². The van der Waals surface area contributed by atoms with Crippen LogP contribution in [0.2, 0.25) is 0 Å². The number of halogens is 2. The Balaban J connectivity index is 3.34. The molecule has 1 aromatic rings. The minimum absolute atomic E-state index is 0.278. The lowest BCUT2D eigenvalue weighted by Gasteiger charge is -2.01. The molecule has 0 fully saturated rings. The zero-order valence-electron chi connectivity index (χ0n) is 5.36. The van der Waals surface area contributed by atoms with Crippen molar-refractivity contribution in [2.24, 2.45) is 0 Å². The lowest BCUT2D eigenvalue weighted by molar-refractivity contribution is 0.471. The third-order valence-corrected chi connectivity index (χ3v) is 3.16. The Kier molecular flexibility index (Phi) is 2.36. The van der Waals surface area contributed by atoms with E-state index >= 15 is 0 Å². The summed E-state index contributed by atoms with van der Waals surface area (Å²) in [5.41, 5.74) is 1.01. The second-order valence-electron chi connectivity index (χ2n) is 2.01. The van der Waals surface area contributed by atoms with Crippen LogP contribution in [-0.4, -0.2) is 5.11 Å². The van der Waals surface area contributed by atoms with E-state index in [1.54, 1.807) is 6.07 Å². The van der Waals surface area contributed by atoms with Crippen molar-refractivity contribution >= 4 is 31.9 Å². The average Bonchev–Trinajstić information content (AvgIpc) is 1.93. The maximum Gasteiger partial charge on any atom is 0.130 e. The maximum absolute atomic E-state index is 9.16. The second-order valence-corrected chi connectivity index (χ2v) is 3.65. The lowest BCUT2D eigenvalue weighted by atomic mass is 10.2. The molecule has 0 atom stereocenters. The molecule has 0 aliphatic carbocycles. The SMILES string of the molecule is Cc1c(Br)ccc(O)c1Br. The summed E-state index contributed by atoms with van der Waals surface area (Å²) in [4.78, 5) is 0. The highest BCUT2D eigenvalue weighted by molar-refractivity contribution is 9.11. The predicted octanol–water partition coefficient (Wildman–Crippen LogP) is 3.23. The number of hydrogen-bond acceptors (Lipinski definition) is 1. The Labute approximate surface area is 76.3 Å².